The fraction of sp³-hybridized carbons (Fsp3) is 0. The van der Waals surface area contributed by atoms with Crippen molar-refractivity contribution in [3.8, 4) is 0 Å². The molecule has 74 valence electrons. The molecule has 3 heteroatoms. The van der Waals surface area contributed by atoms with E-state index < -0.39 is 0 Å². The molecule has 1 unspecified atom stereocenters. The zero-order valence-corrected chi connectivity index (χ0v) is 9.63. The van der Waals surface area contributed by atoms with Gasteiger partial charge in [0, 0.05) is 23.2 Å². The molecule has 15 heavy (non-hydrogen) atoms. The van der Waals surface area contributed by atoms with Gasteiger partial charge < -0.3 is 0 Å². The Hall–Kier alpha value is -1.53. The van der Waals surface area contributed by atoms with Gasteiger partial charge in [-0.25, -0.2) is 0 Å². The Morgan fingerprint density at radius 2 is 1.60 bits per heavy atom. The van der Waals surface area contributed by atoms with Gasteiger partial charge in [-0.2, -0.15) is 9.90 Å². The third-order valence-corrected chi connectivity index (χ3v) is 2.35. The summed E-state index contributed by atoms with van der Waals surface area (Å²) in [5, 5.41) is 2.28. The highest BCUT2D eigenvalue weighted by Crippen LogP contribution is 2.20. The normalized spacial score (nSPS) is 10.1. The number of nitrogens with zero attached hydrogens (tertiary/aromatic N) is 2. The molecular weight excluding hydrogens is 203 g/mol. The summed E-state index contributed by atoms with van der Waals surface area (Å²) in [6.07, 6.45) is 3.62. The first-order valence-corrected chi connectivity index (χ1v) is 4.53. The smallest absolute Gasteiger partial charge is 0.0795 e. The monoisotopic (exact) mass is 214 g/mol. The zero-order valence-electron chi connectivity index (χ0n) is 8.22. The quantitative estimate of drug-likeness (QED) is 0.424. The number of hydrogen-bond donors (Lipinski definition) is 0. The van der Waals surface area contributed by atoms with Gasteiger partial charge in [0.15, 0.2) is 0 Å². The third-order valence-electron chi connectivity index (χ3n) is 2.35. The SMILES string of the molecule is P.c1cnc2c(c1)ccc1ncccc12. The number of fused-ring (bicyclic) bond motifs is 3. The summed E-state index contributed by atoms with van der Waals surface area (Å²) >= 11 is 0. The summed E-state index contributed by atoms with van der Waals surface area (Å²) in [7, 11) is 0. The van der Waals surface area contributed by atoms with E-state index in [9.17, 15) is 0 Å². The van der Waals surface area contributed by atoms with E-state index in [2.05, 4.69) is 28.2 Å². The largest absolute Gasteiger partial charge is 0.256 e. The number of aromatic nitrogens is 2. The topological polar surface area (TPSA) is 25.8 Å². The van der Waals surface area contributed by atoms with Gasteiger partial charge in [-0.1, -0.05) is 12.1 Å². The van der Waals surface area contributed by atoms with Crippen molar-refractivity contribution in [2.24, 2.45) is 0 Å². The summed E-state index contributed by atoms with van der Waals surface area (Å²) < 4.78 is 0. The molecule has 0 bridgehead atoms. The Kier molecular flexibility index (Phi) is 2.61. The van der Waals surface area contributed by atoms with Crippen LogP contribution in [-0.2, 0) is 0 Å². The first kappa shape index (κ1) is 10.0. The fourth-order valence-corrected chi connectivity index (χ4v) is 1.70. The fourth-order valence-electron chi connectivity index (χ4n) is 1.70. The molecule has 0 aliphatic carbocycles. The van der Waals surface area contributed by atoms with Crippen LogP contribution in [0.4, 0.5) is 0 Å². The van der Waals surface area contributed by atoms with E-state index in [0.29, 0.717) is 0 Å². The van der Waals surface area contributed by atoms with Crippen molar-refractivity contribution >= 4 is 31.7 Å². The Morgan fingerprint density at radius 3 is 2.53 bits per heavy atom. The molecule has 0 N–H and O–H groups in total. The first-order valence-electron chi connectivity index (χ1n) is 4.53. The molecule has 2 nitrogen and oxygen atoms in total. The van der Waals surface area contributed by atoms with Crippen LogP contribution in [0.1, 0.15) is 0 Å². The van der Waals surface area contributed by atoms with E-state index in [1.807, 2.05) is 24.4 Å². The van der Waals surface area contributed by atoms with Crippen LogP contribution in [0.3, 0.4) is 0 Å². The second kappa shape index (κ2) is 3.92. The summed E-state index contributed by atoms with van der Waals surface area (Å²) in [6, 6.07) is 12.1. The molecule has 0 aliphatic rings. The Labute approximate surface area is 91.0 Å². The molecule has 0 aliphatic heterocycles. The lowest BCUT2D eigenvalue weighted by Gasteiger charge is -2.00. The molecule has 0 fully saturated rings. The van der Waals surface area contributed by atoms with Crippen molar-refractivity contribution < 1.29 is 0 Å². The molecule has 0 saturated carbocycles. The highest BCUT2D eigenvalue weighted by atomic mass is 31.0. The zero-order chi connectivity index (χ0) is 9.38. The van der Waals surface area contributed by atoms with Crippen LogP contribution < -0.4 is 0 Å². The van der Waals surface area contributed by atoms with Gasteiger partial charge in [-0.05, 0) is 24.3 Å². The van der Waals surface area contributed by atoms with E-state index in [1.54, 1.807) is 6.20 Å². The number of benzene rings is 1. The molecule has 3 rings (SSSR count). The van der Waals surface area contributed by atoms with Crippen LogP contribution in [0.5, 0.6) is 0 Å². The van der Waals surface area contributed by atoms with Crippen LogP contribution in [0.15, 0.2) is 48.8 Å². The predicted molar refractivity (Wildman–Crippen MR) is 68.1 cm³/mol. The average Bonchev–Trinajstić information content (AvgIpc) is 2.29. The van der Waals surface area contributed by atoms with Crippen LogP contribution in [0.2, 0.25) is 0 Å². The van der Waals surface area contributed by atoms with Gasteiger partial charge in [0.25, 0.3) is 0 Å². The maximum atomic E-state index is 4.37. The molecule has 2 heterocycles. The van der Waals surface area contributed by atoms with Crippen molar-refractivity contribution in [1.29, 1.82) is 0 Å². The maximum absolute atomic E-state index is 4.37. The molecule has 1 aromatic carbocycles. The van der Waals surface area contributed by atoms with E-state index in [4.69, 9.17) is 0 Å². The van der Waals surface area contributed by atoms with Crippen LogP contribution in [0, 0.1) is 0 Å². The van der Waals surface area contributed by atoms with E-state index >= 15 is 0 Å². The summed E-state index contributed by atoms with van der Waals surface area (Å²) in [5.74, 6) is 0. The molecule has 1 atom stereocenters. The first-order chi connectivity index (χ1) is 6.95. The van der Waals surface area contributed by atoms with Gasteiger partial charge in [0.1, 0.15) is 0 Å². The molecule has 0 amide bonds. The van der Waals surface area contributed by atoms with E-state index in [1.165, 1.54) is 0 Å². The van der Waals surface area contributed by atoms with Crippen molar-refractivity contribution in [3.05, 3.63) is 48.8 Å². The minimum atomic E-state index is 0. The van der Waals surface area contributed by atoms with Crippen LogP contribution >= 0.6 is 9.90 Å². The number of pyridine rings is 2. The Morgan fingerprint density at radius 1 is 0.800 bits per heavy atom. The average molecular weight is 214 g/mol. The van der Waals surface area contributed by atoms with Crippen molar-refractivity contribution in [1.82, 2.24) is 9.97 Å². The highest BCUT2D eigenvalue weighted by molar-refractivity contribution is 6.92. The van der Waals surface area contributed by atoms with Crippen LogP contribution in [-0.4, -0.2) is 9.97 Å². The van der Waals surface area contributed by atoms with Crippen molar-refractivity contribution in [2.45, 2.75) is 0 Å². The van der Waals surface area contributed by atoms with Crippen LogP contribution in [0.25, 0.3) is 21.8 Å². The molecular formula is C12H11N2P. The third kappa shape index (κ3) is 1.57. The number of hydrogen-bond acceptors (Lipinski definition) is 2. The van der Waals surface area contributed by atoms with Gasteiger partial charge in [0.2, 0.25) is 0 Å². The minimum absolute atomic E-state index is 0. The maximum Gasteiger partial charge on any atom is 0.0795 e. The van der Waals surface area contributed by atoms with Gasteiger partial charge >= 0.3 is 0 Å². The van der Waals surface area contributed by atoms with Crippen molar-refractivity contribution in [2.75, 3.05) is 0 Å². The summed E-state index contributed by atoms with van der Waals surface area (Å²) in [5.41, 5.74) is 2.02. The lowest BCUT2D eigenvalue weighted by Crippen LogP contribution is -1.82. The highest BCUT2D eigenvalue weighted by Gasteiger charge is 1.99. The molecule has 0 radical (unpaired) electrons. The van der Waals surface area contributed by atoms with E-state index in [0.717, 1.165) is 21.8 Å². The summed E-state index contributed by atoms with van der Waals surface area (Å²) in [6.45, 7) is 0. The molecule has 0 spiro atoms. The Balaban J connectivity index is 0.000000853. The molecule has 0 saturated heterocycles. The lowest BCUT2D eigenvalue weighted by atomic mass is 10.1. The summed E-state index contributed by atoms with van der Waals surface area (Å²) in [4.78, 5) is 8.66. The lowest BCUT2D eigenvalue weighted by molar-refractivity contribution is 1.39. The van der Waals surface area contributed by atoms with Gasteiger partial charge in [-0.3, -0.25) is 9.97 Å². The second-order valence-corrected chi connectivity index (χ2v) is 3.21. The van der Waals surface area contributed by atoms with Gasteiger partial charge in [0.05, 0.1) is 11.0 Å². The minimum Gasteiger partial charge on any atom is -0.256 e. The number of rotatable bonds is 0. The molecule has 2 aromatic heterocycles. The van der Waals surface area contributed by atoms with Gasteiger partial charge in [-0.15, -0.1) is 0 Å². The predicted octanol–water partition coefficient (Wildman–Crippen LogP) is 2.84. The van der Waals surface area contributed by atoms with Crippen molar-refractivity contribution in [3.63, 3.8) is 0 Å². The Bertz CT molecular complexity index is 553. The molecule has 3 aromatic rings. The standard InChI is InChI=1S/C12H8N2.H3P/c1-3-9-5-6-11-10(4-2-7-13-11)12(9)14-8-1;/h1-8H;1H3. The second-order valence-electron chi connectivity index (χ2n) is 3.21. The van der Waals surface area contributed by atoms with E-state index in [-0.39, 0.29) is 9.90 Å².